The zero-order chi connectivity index (χ0) is 24.5. The second-order valence-corrected chi connectivity index (χ2v) is 7.97. The van der Waals surface area contributed by atoms with Crippen LogP contribution in [0.2, 0.25) is 0 Å². The van der Waals surface area contributed by atoms with Crippen LogP contribution in [0, 0.1) is 6.92 Å². The van der Waals surface area contributed by atoms with Crippen molar-refractivity contribution in [1.82, 2.24) is 34.2 Å². The fourth-order valence-electron chi connectivity index (χ4n) is 3.79. The molecule has 176 valence electrons. The quantitative estimate of drug-likeness (QED) is 0.394. The van der Waals surface area contributed by atoms with Crippen molar-refractivity contribution in [3.8, 4) is 11.3 Å². The Morgan fingerprint density at radius 1 is 1.03 bits per heavy atom. The van der Waals surface area contributed by atoms with Crippen molar-refractivity contribution in [2.45, 2.75) is 20.4 Å². The molecule has 4 heterocycles. The molecular formula is C24H23N9O2. The molecule has 0 aliphatic heterocycles. The highest BCUT2D eigenvalue weighted by atomic mass is 16.2. The predicted octanol–water partition coefficient (Wildman–Crippen LogP) is 3.16. The largest absolute Gasteiger partial charge is 0.322 e. The number of aromatic nitrogens is 7. The summed E-state index contributed by atoms with van der Waals surface area (Å²) < 4.78 is 5.05. The van der Waals surface area contributed by atoms with E-state index in [1.165, 1.54) is 6.20 Å². The number of carbonyl (C=O) groups excluding carboxylic acids is 2. The van der Waals surface area contributed by atoms with Gasteiger partial charge < -0.3 is 10.6 Å². The number of anilines is 2. The lowest BCUT2D eigenvalue weighted by Gasteiger charge is -2.08. The van der Waals surface area contributed by atoms with Crippen LogP contribution in [0.1, 0.15) is 33.5 Å². The molecule has 4 aromatic heterocycles. The SMILES string of the molecule is CCn1cc(-c2ccnc3c(C(=O)Nc4cccc(NC(=O)c5ccn(C)n5)c4)cnn23)c(C)n1. The molecule has 0 bridgehead atoms. The van der Waals surface area contributed by atoms with Gasteiger partial charge in [0.25, 0.3) is 11.8 Å². The maximum Gasteiger partial charge on any atom is 0.276 e. The lowest BCUT2D eigenvalue weighted by Crippen LogP contribution is -2.14. The van der Waals surface area contributed by atoms with Crippen molar-refractivity contribution in [1.29, 1.82) is 0 Å². The smallest absolute Gasteiger partial charge is 0.276 e. The van der Waals surface area contributed by atoms with Gasteiger partial charge in [0.2, 0.25) is 0 Å². The predicted molar refractivity (Wildman–Crippen MR) is 130 cm³/mol. The Morgan fingerprint density at radius 2 is 1.80 bits per heavy atom. The van der Waals surface area contributed by atoms with Crippen LogP contribution in [0.25, 0.3) is 16.9 Å². The van der Waals surface area contributed by atoms with Crippen molar-refractivity contribution < 1.29 is 9.59 Å². The van der Waals surface area contributed by atoms with E-state index >= 15 is 0 Å². The van der Waals surface area contributed by atoms with E-state index in [0.717, 1.165) is 23.5 Å². The van der Waals surface area contributed by atoms with Crippen LogP contribution in [0.4, 0.5) is 11.4 Å². The van der Waals surface area contributed by atoms with Crippen molar-refractivity contribution in [3.63, 3.8) is 0 Å². The molecule has 35 heavy (non-hydrogen) atoms. The number of benzene rings is 1. The number of hydrogen-bond acceptors (Lipinski definition) is 6. The second kappa shape index (κ2) is 8.86. The fourth-order valence-corrected chi connectivity index (χ4v) is 3.79. The summed E-state index contributed by atoms with van der Waals surface area (Å²) in [7, 11) is 1.74. The van der Waals surface area contributed by atoms with Crippen LogP contribution < -0.4 is 10.6 Å². The average Bonchev–Trinajstić information content (AvgIpc) is 3.57. The van der Waals surface area contributed by atoms with Crippen molar-refractivity contribution in [2.75, 3.05) is 10.6 Å². The van der Waals surface area contributed by atoms with Crippen LogP contribution in [0.5, 0.6) is 0 Å². The summed E-state index contributed by atoms with van der Waals surface area (Å²) >= 11 is 0. The Balaban J connectivity index is 1.38. The fraction of sp³-hybridized carbons (Fsp3) is 0.167. The van der Waals surface area contributed by atoms with Gasteiger partial charge in [-0.2, -0.15) is 15.3 Å². The highest BCUT2D eigenvalue weighted by molar-refractivity contribution is 6.09. The average molecular weight is 470 g/mol. The Labute approximate surface area is 200 Å². The number of carbonyl (C=O) groups is 2. The third-order valence-electron chi connectivity index (χ3n) is 5.52. The van der Waals surface area contributed by atoms with Crippen LogP contribution in [-0.4, -0.2) is 46.0 Å². The Morgan fingerprint density at radius 3 is 2.49 bits per heavy atom. The first kappa shape index (κ1) is 22.0. The lowest BCUT2D eigenvalue weighted by atomic mass is 10.2. The molecule has 0 spiro atoms. The molecule has 2 N–H and O–H groups in total. The summed E-state index contributed by atoms with van der Waals surface area (Å²) in [5.74, 6) is -0.700. The van der Waals surface area contributed by atoms with E-state index in [1.54, 1.807) is 59.0 Å². The number of aryl methyl sites for hydroxylation is 3. The van der Waals surface area contributed by atoms with Gasteiger partial charge in [0, 0.05) is 49.1 Å². The van der Waals surface area contributed by atoms with Crippen molar-refractivity contribution in [3.05, 3.63) is 78.1 Å². The van der Waals surface area contributed by atoms with E-state index in [0.29, 0.717) is 28.3 Å². The molecular weight excluding hydrogens is 446 g/mol. The number of nitrogens with one attached hydrogen (secondary N) is 2. The van der Waals surface area contributed by atoms with Crippen LogP contribution >= 0.6 is 0 Å². The van der Waals surface area contributed by atoms with Gasteiger partial charge in [0.05, 0.1) is 17.6 Å². The maximum atomic E-state index is 13.1. The van der Waals surface area contributed by atoms with Crippen molar-refractivity contribution in [2.24, 2.45) is 7.05 Å². The first-order valence-electron chi connectivity index (χ1n) is 11.0. The summed E-state index contributed by atoms with van der Waals surface area (Å²) in [5, 5.41) is 18.7. The van der Waals surface area contributed by atoms with E-state index < -0.39 is 0 Å². The molecule has 0 unspecified atom stereocenters. The zero-order valence-corrected chi connectivity index (χ0v) is 19.4. The van der Waals surface area contributed by atoms with Gasteiger partial charge in [0.1, 0.15) is 5.56 Å². The molecule has 11 nitrogen and oxygen atoms in total. The molecule has 5 rings (SSSR count). The minimum atomic E-state index is -0.362. The number of amides is 2. The highest BCUT2D eigenvalue weighted by Gasteiger charge is 2.18. The van der Waals surface area contributed by atoms with E-state index in [1.807, 2.05) is 30.8 Å². The summed E-state index contributed by atoms with van der Waals surface area (Å²) in [6.07, 6.45) is 6.79. The third kappa shape index (κ3) is 4.26. The molecule has 1 aromatic carbocycles. The molecule has 11 heteroatoms. The highest BCUT2D eigenvalue weighted by Crippen LogP contribution is 2.24. The van der Waals surface area contributed by atoms with Crippen LogP contribution in [0.3, 0.4) is 0 Å². The van der Waals surface area contributed by atoms with Gasteiger partial charge >= 0.3 is 0 Å². The molecule has 0 saturated heterocycles. The Hall–Kier alpha value is -4.80. The van der Waals surface area contributed by atoms with E-state index in [-0.39, 0.29) is 11.8 Å². The van der Waals surface area contributed by atoms with Crippen LogP contribution in [0.15, 0.2) is 61.2 Å². The standard InChI is InChI=1S/C24H23N9O2/c1-4-32-14-19(15(2)29-32)21-8-10-25-22-18(13-26-33(21)22)23(34)27-16-6-5-7-17(12-16)28-24(35)20-9-11-31(3)30-20/h5-14H,4H2,1-3H3,(H,27,34)(H,28,35). The normalized spacial score (nSPS) is 11.1. The van der Waals surface area contributed by atoms with Gasteiger partial charge in [-0.3, -0.25) is 19.0 Å². The summed E-state index contributed by atoms with van der Waals surface area (Å²) in [6.45, 7) is 4.71. The third-order valence-corrected chi connectivity index (χ3v) is 5.52. The molecule has 0 fully saturated rings. The maximum absolute atomic E-state index is 13.1. The zero-order valence-electron chi connectivity index (χ0n) is 19.4. The number of rotatable bonds is 6. The van der Waals surface area contributed by atoms with Crippen LogP contribution in [-0.2, 0) is 13.6 Å². The lowest BCUT2D eigenvalue weighted by molar-refractivity contribution is 0.101. The molecule has 0 aliphatic carbocycles. The van der Waals surface area contributed by atoms with E-state index in [2.05, 4.69) is 30.9 Å². The minimum Gasteiger partial charge on any atom is -0.322 e. The molecule has 2 amide bonds. The van der Waals surface area contributed by atoms with Gasteiger partial charge in [-0.25, -0.2) is 9.50 Å². The summed E-state index contributed by atoms with van der Waals surface area (Å²) in [4.78, 5) is 29.9. The minimum absolute atomic E-state index is 0.301. The second-order valence-electron chi connectivity index (χ2n) is 7.97. The van der Waals surface area contributed by atoms with E-state index in [9.17, 15) is 9.59 Å². The van der Waals surface area contributed by atoms with Gasteiger partial charge in [0.15, 0.2) is 11.3 Å². The molecule has 0 aliphatic rings. The summed E-state index contributed by atoms with van der Waals surface area (Å²) in [5.41, 5.74) is 4.70. The summed E-state index contributed by atoms with van der Waals surface area (Å²) in [6, 6.07) is 10.4. The van der Waals surface area contributed by atoms with E-state index in [4.69, 9.17) is 0 Å². The first-order chi connectivity index (χ1) is 16.9. The van der Waals surface area contributed by atoms with Gasteiger partial charge in [-0.15, -0.1) is 0 Å². The molecule has 0 radical (unpaired) electrons. The monoisotopic (exact) mass is 469 g/mol. The first-order valence-corrected chi connectivity index (χ1v) is 11.0. The Kier molecular flexibility index (Phi) is 5.57. The van der Waals surface area contributed by atoms with Crippen molar-refractivity contribution >= 4 is 28.8 Å². The molecule has 0 saturated carbocycles. The number of fused-ring (bicyclic) bond motifs is 1. The topological polar surface area (TPSA) is 124 Å². The van der Waals surface area contributed by atoms with Gasteiger partial charge in [-0.1, -0.05) is 6.07 Å². The number of nitrogens with zero attached hydrogens (tertiary/aromatic N) is 7. The molecule has 5 aromatic rings. The van der Waals surface area contributed by atoms with Gasteiger partial charge in [-0.05, 0) is 44.2 Å². The Bertz CT molecular complexity index is 1560. The number of hydrogen-bond donors (Lipinski definition) is 2. The molecule has 0 atom stereocenters.